The maximum absolute atomic E-state index is 13.3. The van der Waals surface area contributed by atoms with E-state index in [9.17, 15) is 4.39 Å². The van der Waals surface area contributed by atoms with Gasteiger partial charge >= 0.3 is 0 Å². The molecule has 0 radical (unpaired) electrons. The molecule has 1 atom stereocenters. The van der Waals surface area contributed by atoms with Crippen LogP contribution in [0, 0.1) is 11.7 Å². The smallest absolute Gasteiger partial charge is 0.141 e. The number of nitrogens with zero attached hydrogens (tertiary/aromatic N) is 1. The highest BCUT2D eigenvalue weighted by Gasteiger charge is 2.40. The van der Waals surface area contributed by atoms with Gasteiger partial charge in [-0.05, 0) is 67.5 Å². The summed E-state index contributed by atoms with van der Waals surface area (Å²) in [5.41, 5.74) is 3.44. The molecule has 3 aliphatic rings. The van der Waals surface area contributed by atoms with Crippen LogP contribution in [0.25, 0.3) is 11.1 Å². The van der Waals surface area contributed by atoms with Crippen LogP contribution in [0.4, 0.5) is 4.39 Å². The summed E-state index contributed by atoms with van der Waals surface area (Å²) in [6.07, 6.45) is 5.41. The second kappa shape index (κ2) is 5.92. The minimum Gasteiger partial charge on any atom is -0.296 e. The van der Waals surface area contributed by atoms with Crippen molar-refractivity contribution in [3.63, 3.8) is 0 Å². The standard InChI is InChI=1S/C20H21ClFN/c1-23-17-9-6-15(7-10-17)20(23)14-4-2-13(3-5-14)16-8-11-19(22)18(21)12-16/h2-5,8,11-12,15,17,20H,6-7,9-10H2,1H3. The van der Waals surface area contributed by atoms with E-state index in [4.69, 9.17) is 11.6 Å². The predicted octanol–water partition coefficient (Wildman–Crippen LogP) is 5.69. The van der Waals surface area contributed by atoms with Crippen molar-refractivity contribution < 1.29 is 4.39 Å². The zero-order valence-corrected chi connectivity index (χ0v) is 14.1. The summed E-state index contributed by atoms with van der Waals surface area (Å²) in [5, 5.41) is 0.177. The molecule has 1 unspecified atom stereocenters. The summed E-state index contributed by atoms with van der Waals surface area (Å²) >= 11 is 5.90. The Balaban J connectivity index is 1.62. The van der Waals surface area contributed by atoms with Crippen LogP contribution in [0.3, 0.4) is 0 Å². The van der Waals surface area contributed by atoms with E-state index in [0.717, 1.165) is 23.1 Å². The molecule has 23 heavy (non-hydrogen) atoms. The molecule has 1 saturated carbocycles. The topological polar surface area (TPSA) is 3.24 Å². The van der Waals surface area contributed by atoms with E-state index < -0.39 is 0 Å². The van der Waals surface area contributed by atoms with Gasteiger partial charge in [0, 0.05) is 12.1 Å². The molecule has 5 rings (SSSR count). The number of benzene rings is 2. The first-order chi connectivity index (χ1) is 11.1. The average molecular weight is 330 g/mol. The maximum Gasteiger partial charge on any atom is 0.141 e. The fourth-order valence-electron chi connectivity index (χ4n) is 4.44. The van der Waals surface area contributed by atoms with E-state index >= 15 is 0 Å². The largest absolute Gasteiger partial charge is 0.296 e. The first kappa shape index (κ1) is 15.2. The van der Waals surface area contributed by atoms with Crippen LogP contribution in [0.5, 0.6) is 0 Å². The molecule has 2 aliphatic heterocycles. The van der Waals surface area contributed by atoms with E-state index in [1.54, 1.807) is 12.1 Å². The number of fused-ring (bicyclic) bond motifs is 3. The van der Waals surface area contributed by atoms with Crippen LogP contribution >= 0.6 is 11.6 Å². The lowest BCUT2D eigenvalue weighted by molar-refractivity contribution is 0.00732. The van der Waals surface area contributed by atoms with Gasteiger partial charge in [-0.3, -0.25) is 4.90 Å². The zero-order chi connectivity index (χ0) is 16.0. The Kier molecular flexibility index (Phi) is 3.90. The molecule has 0 spiro atoms. The quantitative estimate of drug-likeness (QED) is 0.684. The molecule has 0 aromatic heterocycles. The molecule has 0 amide bonds. The van der Waals surface area contributed by atoms with Gasteiger partial charge in [-0.1, -0.05) is 41.9 Å². The van der Waals surface area contributed by atoms with Crippen LogP contribution in [-0.4, -0.2) is 18.0 Å². The van der Waals surface area contributed by atoms with Gasteiger partial charge < -0.3 is 0 Å². The first-order valence-corrected chi connectivity index (χ1v) is 8.78. The maximum atomic E-state index is 13.3. The van der Waals surface area contributed by atoms with Crippen molar-refractivity contribution in [2.45, 2.75) is 37.8 Å². The molecule has 3 fully saturated rings. The van der Waals surface area contributed by atoms with Gasteiger partial charge in [-0.15, -0.1) is 0 Å². The lowest BCUT2D eigenvalue weighted by Gasteiger charge is -2.50. The Morgan fingerprint density at radius 3 is 2.22 bits per heavy atom. The lowest BCUT2D eigenvalue weighted by atomic mass is 9.73. The molecule has 2 heterocycles. The monoisotopic (exact) mass is 329 g/mol. The van der Waals surface area contributed by atoms with Gasteiger partial charge in [0.2, 0.25) is 0 Å². The average Bonchev–Trinajstić information content (AvgIpc) is 2.59. The summed E-state index contributed by atoms with van der Waals surface area (Å²) in [5.74, 6) is 0.419. The third-order valence-corrected chi connectivity index (χ3v) is 6.00. The highest BCUT2D eigenvalue weighted by Crippen LogP contribution is 2.46. The predicted molar refractivity (Wildman–Crippen MR) is 93.1 cm³/mol. The van der Waals surface area contributed by atoms with Crippen molar-refractivity contribution in [2.24, 2.45) is 5.92 Å². The van der Waals surface area contributed by atoms with Crippen LogP contribution in [-0.2, 0) is 0 Å². The second-order valence-electron chi connectivity index (χ2n) is 6.93. The van der Waals surface area contributed by atoms with Gasteiger partial charge in [-0.25, -0.2) is 4.39 Å². The Morgan fingerprint density at radius 1 is 0.957 bits per heavy atom. The van der Waals surface area contributed by atoms with E-state index in [1.807, 2.05) is 0 Å². The summed E-state index contributed by atoms with van der Waals surface area (Å²) in [6.45, 7) is 0. The summed E-state index contributed by atoms with van der Waals surface area (Å²) in [6, 6.07) is 14.9. The number of hydrogen-bond acceptors (Lipinski definition) is 1. The van der Waals surface area contributed by atoms with E-state index in [-0.39, 0.29) is 10.8 Å². The molecule has 1 aliphatic carbocycles. The molecule has 3 heteroatoms. The van der Waals surface area contributed by atoms with Crippen molar-refractivity contribution in [3.8, 4) is 11.1 Å². The Bertz CT molecular complexity index is 702. The van der Waals surface area contributed by atoms with Crippen molar-refractivity contribution >= 4 is 11.6 Å². The normalized spacial score (nSPS) is 27.3. The Hall–Kier alpha value is -1.38. The zero-order valence-electron chi connectivity index (χ0n) is 13.3. The number of rotatable bonds is 2. The van der Waals surface area contributed by atoms with Crippen molar-refractivity contribution in [3.05, 3.63) is 58.9 Å². The molecule has 2 aromatic rings. The highest BCUT2D eigenvalue weighted by atomic mass is 35.5. The number of piperidine rings is 2. The summed E-state index contributed by atoms with van der Waals surface area (Å²) in [4.78, 5) is 2.57. The summed E-state index contributed by atoms with van der Waals surface area (Å²) in [7, 11) is 2.27. The SMILES string of the molecule is CN1C2CCC(CC2)C1c1ccc(-c2ccc(F)c(Cl)c2)cc1. The molecule has 2 bridgehead atoms. The Labute approximate surface area is 142 Å². The van der Waals surface area contributed by atoms with E-state index in [1.165, 1.54) is 37.3 Å². The van der Waals surface area contributed by atoms with Gasteiger partial charge in [0.25, 0.3) is 0 Å². The van der Waals surface area contributed by atoms with Crippen molar-refractivity contribution in [1.82, 2.24) is 4.90 Å². The fraction of sp³-hybridized carbons (Fsp3) is 0.400. The first-order valence-electron chi connectivity index (χ1n) is 8.41. The molecule has 1 nitrogen and oxygen atoms in total. The van der Waals surface area contributed by atoms with Gasteiger partial charge in [-0.2, -0.15) is 0 Å². The Morgan fingerprint density at radius 2 is 1.61 bits per heavy atom. The van der Waals surface area contributed by atoms with Gasteiger partial charge in [0.15, 0.2) is 0 Å². The second-order valence-corrected chi connectivity index (χ2v) is 7.34. The van der Waals surface area contributed by atoms with Crippen LogP contribution in [0.2, 0.25) is 5.02 Å². The minimum atomic E-state index is -0.369. The van der Waals surface area contributed by atoms with Gasteiger partial charge in [0.1, 0.15) is 5.82 Å². The fourth-order valence-corrected chi connectivity index (χ4v) is 4.62. The van der Waals surface area contributed by atoms with Crippen LogP contribution in [0.15, 0.2) is 42.5 Å². The van der Waals surface area contributed by atoms with Gasteiger partial charge in [0.05, 0.1) is 5.02 Å². The molecular formula is C20H21ClFN. The van der Waals surface area contributed by atoms with Crippen LogP contribution < -0.4 is 0 Å². The third-order valence-electron chi connectivity index (χ3n) is 5.71. The number of halogens is 2. The van der Waals surface area contributed by atoms with Crippen molar-refractivity contribution in [1.29, 1.82) is 0 Å². The minimum absolute atomic E-state index is 0.177. The molecule has 2 saturated heterocycles. The van der Waals surface area contributed by atoms with E-state index in [0.29, 0.717) is 6.04 Å². The highest BCUT2D eigenvalue weighted by molar-refractivity contribution is 6.31. The molecular weight excluding hydrogens is 309 g/mol. The van der Waals surface area contributed by atoms with E-state index in [2.05, 4.69) is 36.2 Å². The van der Waals surface area contributed by atoms with Crippen molar-refractivity contribution in [2.75, 3.05) is 7.05 Å². The summed E-state index contributed by atoms with van der Waals surface area (Å²) < 4.78 is 13.3. The number of hydrogen-bond donors (Lipinski definition) is 0. The molecule has 120 valence electrons. The van der Waals surface area contributed by atoms with Crippen LogP contribution in [0.1, 0.15) is 37.3 Å². The molecule has 0 N–H and O–H groups in total. The lowest BCUT2D eigenvalue weighted by Crippen LogP contribution is -2.47. The third kappa shape index (κ3) is 2.68. The molecule has 2 aromatic carbocycles.